The summed E-state index contributed by atoms with van der Waals surface area (Å²) in [4.78, 5) is 14.7. The van der Waals surface area contributed by atoms with E-state index in [9.17, 15) is 0 Å². The number of nitrogens with zero attached hydrogens (tertiary/aromatic N) is 2. The van der Waals surface area contributed by atoms with Gasteiger partial charge in [-0.2, -0.15) is 0 Å². The van der Waals surface area contributed by atoms with Crippen molar-refractivity contribution in [3.8, 4) is 32.4 Å². The quantitative estimate of drug-likeness (QED) is 0.288. The van der Waals surface area contributed by atoms with Crippen LogP contribution in [0.4, 0.5) is 11.4 Å². The molecule has 172 valence electrons. The third-order valence-corrected chi connectivity index (χ3v) is 9.08. The van der Waals surface area contributed by atoms with Crippen LogP contribution < -0.4 is 9.47 Å². The lowest BCUT2D eigenvalue weighted by Crippen LogP contribution is -2.12. The van der Waals surface area contributed by atoms with E-state index in [-0.39, 0.29) is 0 Å². The molecule has 0 atom stereocenters. The van der Waals surface area contributed by atoms with E-state index in [0.717, 1.165) is 44.8 Å². The molecule has 0 bridgehead atoms. The molecule has 34 heavy (non-hydrogen) atoms. The summed E-state index contributed by atoms with van der Waals surface area (Å²) in [5.74, 6) is 3.95. The maximum Gasteiger partial charge on any atom is 0.192 e. The molecule has 4 nitrogen and oxygen atoms in total. The Morgan fingerprint density at radius 2 is 1.06 bits per heavy atom. The summed E-state index contributed by atoms with van der Waals surface area (Å²) in [7, 11) is 0. The van der Waals surface area contributed by atoms with E-state index in [2.05, 4.69) is 64.1 Å². The molecule has 2 aromatic carbocycles. The average Bonchev–Trinajstić information content (AvgIpc) is 3.46. The van der Waals surface area contributed by atoms with E-state index in [4.69, 9.17) is 19.5 Å². The molecule has 4 aromatic rings. The van der Waals surface area contributed by atoms with Gasteiger partial charge in [-0.3, -0.25) is 0 Å². The fourth-order valence-electron chi connectivity index (χ4n) is 4.58. The number of thiophene rings is 2. The van der Waals surface area contributed by atoms with Crippen molar-refractivity contribution in [3.05, 3.63) is 46.2 Å². The molecule has 2 aliphatic rings. The van der Waals surface area contributed by atoms with Gasteiger partial charge in [0.2, 0.25) is 0 Å². The second-order valence-corrected chi connectivity index (χ2v) is 11.7. The van der Waals surface area contributed by atoms with Gasteiger partial charge in [0.25, 0.3) is 0 Å². The highest BCUT2D eigenvalue weighted by Gasteiger charge is 2.30. The highest BCUT2D eigenvalue weighted by molar-refractivity contribution is 7.16. The minimum Gasteiger partial charge on any atom is -0.442 e. The highest BCUT2D eigenvalue weighted by Crippen LogP contribution is 2.56. The van der Waals surface area contributed by atoms with E-state index in [1.165, 1.54) is 19.5 Å². The van der Waals surface area contributed by atoms with E-state index in [1.54, 1.807) is 0 Å². The Morgan fingerprint density at radius 3 is 1.41 bits per heavy atom. The number of rotatable bonds is 4. The third-order valence-electron chi connectivity index (χ3n) is 6.25. The molecule has 6 heteroatoms. The van der Waals surface area contributed by atoms with Crippen molar-refractivity contribution in [1.29, 1.82) is 0 Å². The van der Waals surface area contributed by atoms with Gasteiger partial charge < -0.3 is 9.47 Å². The summed E-state index contributed by atoms with van der Waals surface area (Å²) >= 11 is 3.63. The summed E-state index contributed by atoms with van der Waals surface area (Å²) in [5.41, 5.74) is 3.94. The predicted molar refractivity (Wildman–Crippen MR) is 146 cm³/mol. The fraction of sp³-hybridized carbons (Fsp3) is 0.286. The zero-order valence-electron chi connectivity index (χ0n) is 20.1. The molecule has 0 amide bonds. The van der Waals surface area contributed by atoms with Gasteiger partial charge in [0, 0.05) is 44.5 Å². The minimum absolute atomic E-state index is 0.484. The molecule has 6 rings (SSSR count). The monoisotopic (exact) mass is 486 g/mol. The van der Waals surface area contributed by atoms with Crippen LogP contribution >= 0.6 is 22.7 Å². The van der Waals surface area contributed by atoms with Crippen LogP contribution in [0.3, 0.4) is 0 Å². The Bertz CT molecular complexity index is 1420. The van der Waals surface area contributed by atoms with Crippen molar-refractivity contribution in [2.24, 2.45) is 9.98 Å². The van der Waals surface area contributed by atoms with Crippen LogP contribution in [-0.4, -0.2) is 11.8 Å². The molecule has 2 aromatic heterocycles. The Balaban J connectivity index is 1.67. The van der Waals surface area contributed by atoms with Crippen molar-refractivity contribution < 1.29 is 9.47 Å². The van der Waals surface area contributed by atoms with Gasteiger partial charge in [0.05, 0.1) is 22.1 Å². The molecule has 0 unspecified atom stereocenters. The molecule has 2 aliphatic heterocycles. The second kappa shape index (κ2) is 7.79. The first kappa shape index (κ1) is 21.6. The number of ether oxygens (including phenoxy) is 2. The SMILES string of the molecule is CC1=Nc2cc(-c3ccc(C(C)C)s3)c3c4c(cc(-c5ccc(C(C)C)s5)c(c24)O1)N=C(C)O3. The summed E-state index contributed by atoms with van der Waals surface area (Å²) in [5, 5.41) is 1.96. The molecule has 0 N–H and O–H groups in total. The van der Waals surface area contributed by atoms with Crippen LogP contribution in [0, 0.1) is 0 Å². The lowest BCUT2D eigenvalue weighted by Gasteiger charge is -2.25. The topological polar surface area (TPSA) is 43.2 Å². The maximum absolute atomic E-state index is 6.30. The largest absolute Gasteiger partial charge is 0.442 e. The summed E-state index contributed by atoms with van der Waals surface area (Å²) in [6.07, 6.45) is 0. The maximum atomic E-state index is 6.30. The molecule has 0 radical (unpaired) electrons. The summed E-state index contributed by atoms with van der Waals surface area (Å²) in [6.45, 7) is 12.7. The molecular weight excluding hydrogens is 460 g/mol. The van der Waals surface area contributed by atoms with Crippen LogP contribution in [0.15, 0.2) is 46.4 Å². The summed E-state index contributed by atoms with van der Waals surface area (Å²) in [6, 6.07) is 13.1. The van der Waals surface area contributed by atoms with Crippen molar-refractivity contribution >= 4 is 56.6 Å². The Morgan fingerprint density at radius 1 is 0.647 bits per heavy atom. The first-order valence-corrected chi connectivity index (χ1v) is 13.3. The van der Waals surface area contributed by atoms with Crippen LogP contribution in [0.1, 0.15) is 63.1 Å². The molecular formula is C28H26N2O2S2. The Hall–Kier alpha value is -2.96. The average molecular weight is 487 g/mol. The minimum atomic E-state index is 0.484. The van der Waals surface area contributed by atoms with Crippen molar-refractivity contribution in [1.82, 2.24) is 0 Å². The van der Waals surface area contributed by atoms with Crippen LogP contribution in [-0.2, 0) is 0 Å². The van der Waals surface area contributed by atoms with Crippen molar-refractivity contribution in [2.45, 2.75) is 53.4 Å². The number of aliphatic imine (C=N–C) groups is 2. The van der Waals surface area contributed by atoms with E-state index >= 15 is 0 Å². The van der Waals surface area contributed by atoms with Gasteiger partial charge in [-0.25, -0.2) is 9.98 Å². The smallest absolute Gasteiger partial charge is 0.192 e. The third kappa shape index (κ3) is 3.31. The lowest BCUT2D eigenvalue weighted by atomic mass is 9.95. The zero-order valence-corrected chi connectivity index (χ0v) is 21.8. The molecule has 0 saturated heterocycles. The van der Waals surface area contributed by atoms with Gasteiger partial charge in [0.15, 0.2) is 11.8 Å². The first-order valence-electron chi connectivity index (χ1n) is 11.6. The Kier molecular flexibility index (Phi) is 4.94. The molecule has 0 spiro atoms. The summed E-state index contributed by atoms with van der Waals surface area (Å²) < 4.78 is 12.6. The first-order chi connectivity index (χ1) is 16.3. The standard InChI is InChI=1S/C28H26N2O2S2/c1-13(2)21-7-9-23(33-21)17-11-19-26-25-20(30-15(5)31-27(17)25)12-18(28(26)32-16(6)29-19)24-10-8-22(34-24)14(3)4/h7-14H,1-6H3. The van der Waals surface area contributed by atoms with Crippen LogP contribution in [0.2, 0.25) is 0 Å². The number of hydrogen-bond acceptors (Lipinski definition) is 6. The fourth-order valence-corrected chi connectivity index (χ4v) is 6.63. The highest BCUT2D eigenvalue weighted by atomic mass is 32.1. The van der Waals surface area contributed by atoms with Gasteiger partial charge in [-0.05, 0) is 48.2 Å². The van der Waals surface area contributed by atoms with Gasteiger partial charge in [0.1, 0.15) is 11.5 Å². The van der Waals surface area contributed by atoms with Crippen LogP contribution in [0.5, 0.6) is 11.5 Å². The van der Waals surface area contributed by atoms with E-state index in [1.807, 2.05) is 36.5 Å². The predicted octanol–water partition coefficient (Wildman–Crippen LogP) is 9.43. The van der Waals surface area contributed by atoms with E-state index in [0.29, 0.717) is 23.6 Å². The normalized spacial score (nSPS) is 14.4. The second-order valence-electron chi connectivity index (χ2n) is 9.47. The molecule has 0 fully saturated rings. The lowest BCUT2D eigenvalue weighted by molar-refractivity contribution is 0.543. The molecule has 4 heterocycles. The molecule has 0 aliphatic carbocycles. The Labute approximate surface area is 207 Å². The van der Waals surface area contributed by atoms with Crippen molar-refractivity contribution in [3.63, 3.8) is 0 Å². The number of hydrogen-bond donors (Lipinski definition) is 0. The van der Waals surface area contributed by atoms with Gasteiger partial charge in [-0.1, -0.05) is 27.7 Å². The molecule has 0 saturated carbocycles. The van der Waals surface area contributed by atoms with Gasteiger partial charge in [-0.15, -0.1) is 22.7 Å². The van der Waals surface area contributed by atoms with E-state index < -0.39 is 0 Å². The van der Waals surface area contributed by atoms with Crippen LogP contribution in [0.25, 0.3) is 31.7 Å². The van der Waals surface area contributed by atoms with Crippen molar-refractivity contribution in [2.75, 3.05) is 0 Å². The zero-order chi connectivity index (χ0) is 23.7. The number of benzene rings is 2. The van der Waals surface area contributed by atoms with Gasteiger partial charge >= 0.3 is 0 Å².